The van der Waals surface area contributed by atoms with Crippen molar-refractivity contribution < 1.29 is 4.79 Å². The Morgan fingerprint density at radius 3 is 2.29 bits per heavy atom. The van der Waals surface area contributed by atoms with Crippen molar-refractivity contribution >= 4 is 5.78 Å². The Balaban J connectivity index is 1.84. The highest BCUT2D eigenvalue weighted by atomic mass is 16.1. The second-order valence-electron chi connectivity index (χ2n) is 4.92. The number of rotatable bonds is 4. The standard InChI is InChI=1S/C15H21NO/c1-13(17)5-4-10-16-11-8-14-6-2-3-7-15(14)9-12-16/h2-3,6-7H,4-5,8-12H2,1H3. The molecule has 1 heterocycles. The number of carbonyl (C=O) groups excluding carboxylic acids is 1. The fourth-order valence-corrected chi connectivity index (χ4v) is 2.49. The maximum Gasteiger partial charge on any atom is 0.129 e. The molecule has 92 valence electrons. The summed E-state index contributed by atoms with van der Waals surface area (Å²) in [5.41, 5.74) is 3.00. The van der Waals surface area contributed by atoms with E-state index in [4.69, 9.17) is 0 Å². The van der Waals surface area contributed by atoms with Gasteiger partial charge in [-0.1, -0.05) is 24.3 Å². The summed E-state index contributed by atoms with van der Waals surface area (Å²) in [6, 6.07) is 8.75. The molecule has 2 heteroatoms. The summed E-state index contributed by atoms with van der Waals surface area (Å²) in [5, 5.41) is 0. The Hall–Kier alpha value is -1.15. The highest BCUT2D eigenvalue weighted by Gasteiger charge is 2.12. The quantitative estimate of drug-likeness (QED) is 0.793. The van der Waals surface area contributed by atoms with Gasteiger partial charge in [-0.3, -0.25) is 0 Å². The van der Waals surface area contributed by atoms with Crippen LogP contribution < -0.4 is 0 Å². The average Bonchev–Trinajstić information content (AvgIpc) is 2.52. The van der Waals surface area contributed by atoms with Gasteiger partial charge >= 0.3 is 0 Å². The van der Waals surface area contributed by atoms with Crippen LogP contribution in [0.25, 0.3) is 0 Å². The molecule has 0 aromatic heterocycles. The van der Waals surface area contributed by atoms with Crippen LogP contribution in [0.4, 0.5) is 0 Å². The highest BCUT2D eigenvalue weighted by molar-refractivity contribution is 5.75. The fraction of sp³-hybridized carbons (Fsp3) is 0.533. The molecule has 0 radical (unpaired) electrons. The SMILES string of the molecule is CC(=O)CCCN1CCc2ccccc2CC1. The number of Topliss-reactive ketones (excluding diaryl/α,β-unsaturated/α-hetero) is 1. The second kappa shape index (κ2) is 5.97. The van der Waals surface area contributed by atoms with Crippen LogP contribution in [0.15, 0.2) is 24.3 Å². The number of hydrogen-bond acceptors (Lipinski definition) is 2. The summed E-state index contributed by atoms with van der Waals surface area (Å²) in [5.74, 6) is 0.308. The topological polar surface area (TPSA) is 20.3 Å². The van der Waals surface area contributed by atoms with E-state index in [2.05, 4.69) is 29.2 Å². The van der Waals surface area contributed by atoms with Gasteiger partial charge in [0.1, 0.15) is 5.78 Å². The van der Waals surface area contributed by atoms with Crippen molar-refractivity contribution in [2.75, 3.05) is 19.6 Å². The normalized spacial score (nSPS) is 16.3. The number of ketones is 1. The molecular weight excluding hydrogens is 210 g/mol. The monoisotopic (exact) mass is 231 g/mol. The smallest absolute Gasteiger partial charge is 0.129 e. The predicted octanol–water partition coefficient (Wildman–Crippen LogP) is 2.46. The summed E-state index contributed by atoms with van der Waals surface area (Å²) >= 11 is 0. The Morgan fingerprint density at radius 1 is 1.18 bits per heavy atom. The van der Waals surface area contributed by atoms with Crippen molar-refractivity contribution in [2.45, 2.75) is 32.6 Å². The molecule has 0 amide bonds. The first kappa shape index (κ1) is 12.3. The average molecular weight is 231 g/mol. The van der Waals surface area contributed by atoms with E-state index >= 15 is 0 Å². The van der Waals surface area contributed by atoms with E-state index in [1.165, 1.54) is 11.1 Å². The van der Waals surface area contributed by atoms with Crippen LogP contribution in [0.5, 0.6) is 0 Å². The zero-order valence-electron chi connectivity index (χ0n) is 10.6. The predicted molar refractivity (Wildman–Crippen MR) is 70.2 cm³/mol. The van der Waals surface area contributed by atoms with E-state index in [0.717, 1.165) is 45.3 Å². The summed E-state index contributed by atoms with van der Waals surface area (Å²) in [6.45, 7) is 5.01. The minimum absolute atomic E-state index is 0.308. The number of fused-ring (bicyclic) bond motifs is 1. The molecule has 1 aromatic rings. The van der Waals surface area contributed by atoms with E-state index in [1.54, 1.807) is 6.92 Å². The lowest BCUT2D eigenvalue weighted by Gasteiger charge is -2.19. The first-order valence-corrected chi connectivity index (χ1v) is 6.54. The van der Waals surface area contributed by atoms with E-state index in [9.17, 15) is 4.79 Å². The van der Waals surface area contributed by atoms with Gasteiger partial charge in [-0.05, 0) is 43.9 Å². The first-order chi connectivity index (χ1) is 8.25. The van der Waals surface area contributed by atoms with Crippen molar-refractivity contribution in [1.29, 1.82) is 0 Å². The zero-order valence-corrected chi connectivity index (χ0v) is 10.6. The minimum Gasteiger partial charge on any atom is -0.303 e. The lowest BCUT2D eigenvalue weighted by atomic mass is 10.0. The first-order valence-electron chi connectivity index (χ1n) is 6.54. The second-order valence-corrected chi connectivity index (χ2v) is 4.92. The van der Waals surface area contributed by atoms with E-state index in [0.29, 0.717) is 5.78 Å². The van der Waals surface area contributed by atoms with E-state index in [-0.39, 0.29) is 0 Å². The van der Waals surface area contributed by atoms with Crippen molar-refractivity contribution in [1.82, 2.24) is 4.90 Å². The Kier molecular flexibility index (Phi) is 4.32. The van der Waals surface area contributed by atoms with E-state index in [1.807, 2.05) is 0 Å². The molecule has 0 saturated heterocycles. The molecular formula is C15H21NO. The summed E-state index contributed by atoms with van der Waals surface area (Å²) in [4.78, 5) is 13.4. The molecule has 2 nitrogen and oxygen atoms in total. The van der Waals surface area contributed by atoms with Gasteiger partial charge < -0.3 is 9.69 Å². The molecule has 2 rings (SSSR count). The van der Waals surface area contributed by atoms with Gasteiger partial charge in [0, 0.05) is 19.5 Å². The lowest BCUT2D eigenvalue weighted by molar-refractivity contribution is -0.117. The van der Waals surface area contributed by atoms with Gasteiger partial charge in [0.05, 0.1) is 0 Å². The van der Waals surface area contributed by atoms with Gasteiger partial charge in [-0.15, -0.1) is 0 Å². The summed E-state index contributed by atoms with van der Waals surface area (Å²) < 4.78 is 0. The molecule has 1 aliphatic rings. The molecule has 0 fully saturated rings. The number of nitrogens with zero attached hydrogens (tertiary/aromatic N) is 1. The number of hydrogen-bond donors (Lipinski definition) is 0. The maximum absolute atomic E-state index is 10.9. The Labute approximate surface area is 104 Å². The summed E-state index contributed by atoms with van der Waals surface area (Å²) in [7, 11) is 0. The molecule has 0 spiro atoms. The minimum atomic E-state index is 0.308. The molecule has 0 N–H and O–H groups in total. The Morgan fingerprint density at radius 2 is 1.76 bits per heavy atom. The molecule has 0 atom stereocenters. The van der Waals surface area contributed by atoms with Crippen molar-refractivity contribution in [2.24, 2.45) is 0 Å². The van der Waals surface area contributed by atoms with Crippen molar-refractivity contribution in [3.05, 3.63) is 35.4 Å². The fourth-order valence-electron chi connectivity index (χ4n) is 2.49. The lowest BCUT2D eigenvalue weighted by Crippen LogP contribution is -2.27. The molecule has 1 aromatic carbocycles. The molecule has 17 heavy (non-hydrogen) atoms. The largest absolute Gasteiger partial charge is 0.303 e. The van der Waals surface area contributed by atoms with Gasteiger partial charge in [0.15, 0.2) is 0 Å². The van der Waals surface area contributed by atoms with Crippen molar-refractivity contribution in [3.8, 4) is 0 Å². The molecule has 0 bridgehead atoms. The zero-order chi connectivity index (χ0) is 12.1. The van der Waals surface area contributed by atoms with Gasteiger partial charge in [-0.2, -0.15) is 0 Å². The van der Waals surface area contributed by atoms with Crippen LogP contribution in [0.1, 0.15) is 30.9 Å². The summed E-state index contributed by atoms with van der Waals surface area (Å²) in [6.07, 6.45) is 4.03. The molecule has 0 unspecified atom stereocenters. The third-order valence-corrected chi connectivity index (χ3v) is 3.52. The van der Waals surface area contributed by atoms with Crippen molar-refractivity contribution in [3.63, 3.8) is 0 Å². The Bertz CT molecular complexity index is 359. The highest BCUT2D eigenvalue weighted by Crippen LogP contribution is 2.15. The number of benzene rings is 1. The van der Waals surface area contributed by atoms with Gasteiger partial charge in [-0.25, -0.2) is 0 Å². The van der Waals surface area contributed by atoms with Crippen LogP contribution in [0, 0.1) is 0 Å². The number of carbonyl (C=O) groups is 1. The third kappa shape index (κ3) is 3.67. The van der Waals surface area contributed by atoms with Crippen LogP contribution in [-0.2, 0) is 17.6 Å². The maximum atomic E-state index is 10.9. The van der Waals surface area contributed by atoms with Crippen LogP contribution >= 0.6 is 0 Å². The van der Waals surface area contributed by atoms with Crippen LogP contribution in [0.2, 0.25) is 0 Å². The van der Waals surface area contributed by atoms with Crippen LogP contribution in [0.3, 0.4) is 0 Å². The van der Waals surface area contributed by atoms with E-state index < -0.39 is 0 Å². The van der Waals surface area contributed by atoms with Gasteiger partial charge in [0.2, 0.25) is 0 Å². The third-order valence-electron chi connectivity index (χ3n) is 3.52. The van der Waals surface area contributed by atoms with Gasteiger partial charge in [0.25, 0.3) is 0 Å². The molecule has 0 saturated carbocycles. The van der Waals surface area contributed by atoms with Crippen LogP contribution in [-0.4, -0.2) is 30.3 Å². The molecule has 0 aliphatic carbocycles. The molecule has 1 aliphatic heterocycles.